The second-order valence-electron chi connectivity index (χ2n) is 9.44. The first kappa shape index (κ1) is 22.1. The molecule has 0 aliphatic carbocycles. The molecule has 0 saturated heterocycles. The monoisotopic (exact) mass is 486 g/mol. The van der Waals surface area contributed by atoms with E-state index in [1.807, 2.05) is 0 Å². The minimum absolute atomic E-state index is 1.12. The average molecular weight is 487 g/mol. The van der Waals surface area contributed by atoms with Crippen LogP contribution in [-0.4, -0.2) is 4.57 Å². The van der Waals surface area contributed by atoms with Gasteiger partial charge in [0.25, 0.3) is 0 Å². The Bertz CT molecular complexity index is 1840. The van der Waals surface area contributed by atoms with Crippen LogP contribution in [0.2, 0.25) is 0 Å². The molecule has 0 aliphatic heterocycles. The molecule has 0 amide bonds. The van der Waals surface area contributed by atoms with Crippen LogP contribution >= 0.6 is 0 Å². The molecule has 2 heteroatoms. The Kier molecular flexibility index (Phi) is 5.49. The molecule has 38 heavy (non-hydrogen) atoms. The average Bonchev–Trinajstić information content (AvgIpc) is 3.34. The number of para-hydroxylation sites is 3. The molecule has 0 atom stereocenters. The highest BCUT2D eigenvalue weighted by Gasteiger charge is 2.20. The molecule has 0 saturated carbocycles. The highest BCUT2D eigenvalue weighted by Crippen LogP contribution is 2.43. The molecule has 2 nitrogen and oxygen atoms in total. The van der Waals surface area contributed by atoms with Crippen LogP contribution in [0, 0.1) is 0 Å². The molecule has 0 radical (unpaired) electrons. The van der Waals surface area contributed by atoms with Crippen molar-refractivity contribution in [3.05, 3.63) is 158 Å². The van der Waals surface area contributed by atoms with Gasteiger partial charge in [-0.05, 0) is 65.7 Å². The number of anilines is 3. The minimum Gasteiger partial charge on any atom is -0.310 e. The first-order valence-electron chi connectivity index (χ1n) is 13.0. The van der Waals surface area contributed by atoms with Gasteiger partial charge in [-0.25, -0.2) is 0 Å². The predicted molar refractivity (Wildman–Crippen MR) is 161 cm³/mol. The summed E-state index contributed by atoms with van der Waals surface area (Å²) in [6, 6.07) is 56.0. The topological polar surface area (TPSA) is 8.17 Å². The number of aromatic nitrogens is 1. The number of nitrogens with zero attached hydrogens (tertiary/aromatic N) is 2. The summed E-state index contributed by atoms with van der Waals surface area (Å²) in [5.74, 6) is 0. The van der Waals surface area contributed by atoms with Crippen molar-refractivity contribution in [2.75, 3.05) is 4.90 Å². The van der Waals surface area contributed by atoms with Gasteiger partial charge in [0.15, 0.2) is 0 Å². The van der Waals surface area contributed by atoms with Crippen molar-refractivity contribution in [3.8, 4) is 16.8 Å². The second kappa shape index (κ2) is 9.42. The molecule has 1 heterocycles. The summed E-state index contributed by atoms with van der Waals surface area (Å²) in [5.41, 5.74) is 9.40. The highest BCUT2D eigenvalue weighted by atomic mass is 15.1. The normalized spacial score (nSPS) is 11.2. The summed E-state index contributed by atoms with van der Waals surface area (Å²) in [4.78, 5) is 2.37. The van der Waals surface area contributed by atoms with Gasteiger partial charge in [0, 0.05) is 27.8 Å². The fourth-order valence-corrected chi connectivity index (χ4v) is 5.48. The Balaban J connectivity index is 1.48. The molecule has 6 aromatic carbocycles. The molecule has 0 unspecified atom stereocenters. The van der Waals surface area contributed by atoms with Gasteiger partial charge >= 0.3 is 0 Å². The van der Waals surface area contributed by atoms with Crippen LogP contribution in [0.3, 0.4) is 0 Å². The predicted octanol–water partition coefficient (Wildman–Crippen LogP) is 9.92. The van der Waals surface area contributed by atoms with Crippen molar-refractivity contribution >= 4 is 38.9 Å². The second-order valence-corrected chi connectivity index (χ2v) is 9.44. The maximum absolute atomic E-state index is 2.37. The van der Waals surface area contributed by atoms with Crippen LogP contribution in [0.4, 0.5) is 17.1 Å². The van der Waals surface area contributed by atoms with Crippen LogP contribution in [-0.2, 0) is 0 Å². The van der Waals surface area contributed by atoms with Gasteiger partial charge in [0.2, 0.25) is 0 Å². The quantitative estimate of drug-likeness (QED) is 0.235. The standard InChI is InChI=1S/C36H26N2/c1-4-13-27(14-5-1)28-23-25-31(26-24-28)37(29-15-6-2-7-16-29)34-21-12-22-35-36(34)32-19-10-11-20-33(32)38(35)30-17-8-3-9-18-30/h1-26H. The van der Waals surface area contributed by atoms with Crippen molar-refractivity contribution in [2.45, 2.75) is 0 Å². The number of rotatable bonds is 5. The number of hydrogen-bond acceptors (Lipinski definition) is 1. The Morgan fingerprint density at radius 1 is 0.395 bits per heavy atom. The Labute approximate surface area is 222 Å². The van der Waals surface area contributed by atoms with Gasteiger partial charge in [-0.3, -0.25) is 0 Å². The Morgan fingerprint density at radius 3 is 1.68 bits per heavy atom. The summed E-state index contributed by atoms with van der Waals surface area (Å²) in [6.45, 7) is 0. The molecule has 0 N–H and O–H groups in total. The minimum atomic E-state index is 1.12. The number of benzene rings is 6. The zero-order valence-electron chi connectivity index (χ0n) is 20.9. The summed E-state index contributed by atoms with van der Waals surface area (Å²) < 4.78 is 2.37. The maximum Gasteiger partial charge on any atom is 0.0562 e. The van der Waals surface area contributed by atoms with Crippen LogP contribution in [0.5, 0.6) is 0 Å². The van der Waals surface area contributed by atoms with E-state index in [-0.39, 0.29) is 0 Å². The lowest BCUT2D eigenvalue weighted by Crippen LogP contribution is -2.10. The maximum atomic E-state index is 2.37. The molecular weight excluding hydrogens is 460 g/mol. The van der Waals surface area contributed by atoms with E-state index in [4.69, 9.17) is 0 Å². The van der Waals surface area contributed by atoms with Crippen LogP contribution in [0.1, 0.15) is 0 Å². The fourth-order valence-electron chi connectivity index (χ4n) is 5.48. The van der Waals surface area contributed by atoms with Crippen molar-refractivity contribution in [2.24, 2.45) is 0 Å². The van der Waals surface area contributed by atoms with E-state index >= 15 is 0 Å². The number of hydrogen-bond donors (Lipinski definition) is 0. The lowest BCUT2D eigenvalue weighted by Gasteiger charge is -2.26. The van der Waals surface area contributed by atoms with Crippen molar-refractivity contribution in [1.82, 2.24) is 4.57 Å². The van der Waals surface area contributed by atoms with E-state index in [1.54, 1.807) is 0 Å². The first-order valence-corrected chi connectivity index (χ1v) is 13.0. The molecule has 0 bridgehead atoms. The van der Waals surface area contributed by atoms with E-state index in [9.17, 15) is 0 Å². The smallest absolute Gasteiger partial charge is 0.0562 e. The Hall–Kier alpha value is -5.08. The summed E-state index contributed by atoms with van der Waals surface area (Å²) in [7, 11) is 0. The summed E-state index contributed by atoms with van der Waals surface area (Å²) >= 11 is 0. The van der Waals surface area contributed by atoms with Crippen LogP contribution < -0.4 is 4.90 Å². The van der Waals surface area contributed by atoms with Crippen molar-refractivity contribution in [3.63, 3.8) is 0 Å². The molecule has 7 rings (SSSR count). The number of fused-ring (bicyclic) bond motifs is 3. The SMILES string of the molecule is c1ccc(-c2ccc(N(c3ccccc3)c3cccc4c3c3ccccc3n4-c3ccccc3)cc2)cc1. The van der Waals surface area contributed by atoms with Gasteiger partial charge in [0.05, 0.1) is 16.7 Å². The lowest BCUT2D eigenvalue weighted by atomic mass is 10.0. The third-order valence-electron chi connectivity index (χ3n) is 7.18. The molecule has 7 aromatic rings. The van der Waals surface area contributed by atoms with Crippen LogP contribution in [0.25, 0.3) is 38.6 Å². The Morgan fingerprint density at radius 2 is 0.947 bits per heavy atom. The van der Waals surface area contributed by atoms with Gasteiger partial charge in [0.1, 0.15) is 0 Å². The highest BCUT2D eigenvalue weighted by molar-refractivity contribution is 6.16. The third-order valence-corrected chi connectivity index (χ3v) is 7.18. The van der Waals surface area contributed by atoms with Gasteiger partial charge in [-0.2, -0.15) is 0 Å². The van der Waals surface area contributed by atoms with E-state index < -0.39 is 0 Å². The molecule has 0 aliphatic rings. The van der Waals surface area contributed by atoms with E-state index in [2.05, 4.69) is 167 Å². The fraction of sp³-hybridized carbons (Fsp3) is 0. The molecule has 0 fully saturated rings. The van der Waals surface area contributed by atoms with Gasteiger partial charge in [-0.15, -0.1) is 0 Å². The molecule has 0 spiro atoms. The summed E-state index contributed by atoms with van der Waals surface area (Å²) in [6.07, 6.45) is 0. The summed E-state index contributed by atoms with van der Waals surface area (Å²) in [5, 5.41) is 2.48. The van der Waals surface area contributed by atoms with Crippen molar-refractivity contribution < 1.29 is 0 Å². The zero-order valence-corrected chi connectivity index (χ0v) is 20.9. The lowest BCUT2D eigenvalue weighted by molar-refractivity contribution is 1.18. The molecule has 180 valence electrons. The largest absolute Gasteiger partial charge is 0.310 e. The third kappa shape index (κ3) is 3.75. The molecular formula is C36H26N2. The van der Waals surface area contributed by atoms with Gasteiger partial charge < -0.3 is 9.47 Å². The van der Waals surface area contributed by atoms with Crippen molar-refractivity contribution in [1.29, 1.82) is 0 Å². The van der Waals surface area contributed by atoms with Crippen LogP contribution in [0.15, 0.2) is 158 Å². The zero-order chi connectivity index (χ0) is 25.3. The van der Waals surface area contributed by atoms with E-state index in [0.29, 0.717) is 0 Å². The van der Waals surface area contributed by atoms with Gasteiger partial charge in [-0.1, -0.05) is 103 Å². The first-order chi connectivity index (χ1) is 18.9. The van der Waals surface area contributed by atoms with E-state index in [1.165, 1.54) is 32.9 Å². The van der Waals surface area contributed by atoms with E-state index in [0.717, 1.165) is 22.7 Å². The molecule has 1 aromatic heterocycles.